The van der Waals surface area contributed by atoms with E-state index in [1.807, 2.05) is 0 Å². The summed E-state index contributed by atoms with van der Waals surface area (Å²) in [6, 6.07) is 0.111. The number of likely N-dealkylation sites (tertiary alicyclic amines) is 1. The first-order valence-electron chi connectivity index (χ1n) is 4.59. The van der Waals surface area contributed by atoms with Crippen LogP contribution in [0.4, 0.5) is 13.2 Å². The number of carbonyl (C=O) groups excluding carboxylic acids is 1. The van der Waals surface area contributed by atoms with Gasteiger partial charge in [0.2, 0.25) is 0 Å². The molecule has 0 spiro atoms. The van der Waals surface area contributed by atoms with E-state index in [1.165, 1.54) is 0 Å². The number of nitrogens with zero attached hydrogens (tertiary/aromatic N) is 1. The summed E-state index contributed by atoms with van der Waals surface area (Å²) in [5.74, 6) is -1.70. The van der Waals surface area contributed by atoms with Crippen LogP contribution in [-0.2, 0) is 4.79 Å². The minimum atomic E-state index is -4.73. The minimum Gasteiger partial charge on any atom is -0.332 e. The second-order valence-electron chi connectivity index (χ2n) is 3.85. The van der Waals surface area contributed by atoms with Gasteiger partial charge in [-0.25, -0.2) is 0 Å². The first-order chi connectivity index (χ1) is 6.47. The summed E-state index contributed by atoms with van der Waals surface area (Å²) >= 11 is 0. The first kappa shape index (κ1) is 12.6. The van der Waals surface area contributed by atoms with Crippen molar-refractivity contribution in [3.05, 3.63) is 0 Å². The highest BCUT2D eigenvalue weighted by Crippen LogP contribution is 2.25. The summed E-state index contributed by atoms with van der Waals surface area (Å²) in [5, 5.41) is 3.17. The SMILES string of the molecule is Cl.O=C(N1CC2CCC(C1)N2)C(F)(F)F. The van der Waals surface area contributed by atoms with Crippen LogP contribution in [0.2, 0.25) is 0 Å². The molecule has 1 amide bonds. The minimum absolute atomic E-state index is 0. The number of piperazine rings is 1. The molecule has 15 heavy (non-hydrogen) atoms. The number of hydrogen-bond donors (Lipinski definition) is 1. The molecule has 0 saturated carbocycles. The fourth-order valence-electron chi connectivity index (χ4n) is 2.14. The first-order valence-corrected chi connectivity index (χ1v) is 4.59. The van der Waals surface area contributed by atoms with Crippen molar-refractivity contribution >= 4 is 18.3 Å². The lowest BCUT2D eigenvalue weighted by molar-refractivity contribution is -0.186. The van der Waals surface area contributed by atoms with Gasteiger partial charge in [0.05, 0.1) is 0 Å². The third kappa shape index (κ3) is 2.55. The quantitative estimate of drug-likeness (QED) is 0.688. The number of carbonyl (C=O) groups is 1. The van der Waals surface area contributed by atoms with Crippen molar-refractivity contribution in [1.82, 2.24) is 10.2 Å². The lowest BCUT2D eigenvalue weighted by atomic mass is 10.2. The van der Waals surface area contributed by atoms with Crippen LogP contribution in [-0.4, -0.2) is 42.2 Å². The molecule has 0 aromatic carbocycles. The lowest BCUT2D eigenvalue weighted by Gasteiger charge is -2.33. The summed E-state index contributed by atoms with van der Waals surface area (Å²) in [5.41, 5.74) is 0. The smallest absolute Gasteiger partial charge is 0.332 e. The second kappa shape index (κ2) is 4.17. The van der Waals surface area contributed by atoms with Crippen LogP contribution in [0.15, 0.2) is 0 Å². The summed E-state index contributed by atoms with van der Waals surface area (Å²) in [4.78, 5) is 11.8. The Labute approximate surface area is 91.4 Å². The molecule has 2 saturated heterocycles. The highest BCUT2D eigenvalue weighted by Gasteiger charge is 2.46. The molecule has 88 valence electrons. The van der Waals surface area contributed by atoms with Gasteiger partial charge in [0.25, 0.3) is 0 Å². The van der Waals surface area contributed by atoms with E-state index in [0.717, 1.165) is 17.7 Å². The van der Waals surface area contributed by atoms with Crippen molar-refractivity contribution in [2.75, 3.05) is 13.1 Å². The van der Waals surface area contributed by atoms with Crippen LogP contribution in [0.25, 0.3) is 0 Å². The number of hydrogen-bond acceptors (Lipinski definition) is 2. The molecule has 7 heteroatoms. The standard InChI is InChI=1S/C8H11F3N2O.ClH/c9-8(10,11)7(14)13-3-5-1-2-6(4-13)12-5;/h5-6,12H,1-4H2;1H. The third-order valence-electron chi connectivity index (χ3n) is 2.75. The van der Waals surface area contributed by atoms with Crippen molar-refractivity contribution < 1.29 is 18.0 Å². The van der Waals surface area contributed by atoms with E-state index in [0.29, 0.717) is 0 Å². The summed E-state index contributed by atoms with van der Waals surface area (Å²) in [6.07, 6.45) is -2.99. The van der Waals surface area contributed by atoms with Gasteiger partial charge in [-0.15, -0.1) is 12.4 Å². The summed E-state index contributed by atoms with van der Waals surface area (Å²) < 4.78 is 36.3. The Morgan fingerprint density at radius 1 is 1.20 bits per heavy atom. The van der Waals surface area contributed by atoms with E-state index in [-0.39, 0.29) is 37.6 Å². The Bertz CT molecular complexity index is 247. The maximum Gasteiger partial charge on any atom is 0.471 e. The average Bonchev–Trinajstić information content (AvgIpc) is 2.42. The number of nitrogens with one attached hydrogen (secondary N) is 1. The number of alkyl halides is 3. The monoisotopic (exact) mass is 244 g/mol. The van der Waals surface area contributed by atoms with Gasteiger partial charge in [0, 0.05) is 25.2 Å². The van der Waals surface area contributed by atoms with Crippen molar-refractivity contribution in [2.45, 2.75) is 31.1 Å². The Balaban J connectivity index is 0.00000112. The highest BCUT2D eigenvalue weighted by atomic mass is 35.5. The van der Waals surface area contributed by atoms with E-state index in [2.05, 4.69) is 5.32 Å². The Kier molecular flexibility index (Phi) is 3.50. The van der Waals surface area contributed by atoms with Crippen LogP contribution in [0.3, 0.4) is 0 Å². The van der Waals surface area contributed by atoms with Gasteiger partial charge in [-0.2, -0.15) is 13.2 Å². The molecule has 3 nitrogen and oxygen atoms in total. The molecule has 0 aromatic rings. The van der Waals surface area contributed by atoms with E-state index >= 15 is 0 Å². The number of amides is 1. The van der Waals surface area contributed by atoms with Crippen LogP contribution < -0.4 is 5.32 Å². The predicted octanol–water partition coefficient (Wildman–Crippen LogP) is 0.933. The fraction of sp³-hybridized carbons (Fsp3) is 0.875. The fourth-order valence-corrected chi connectivity index (χ4v) is 2.14. The van der Waals surface area contributed by atoms with Gasteiger partial charge in [-0.1, -0.05) is 0 Å². The van der Waals surface area contributed by atoms with Crippen molar-refractivity contribution in [3.63, 3.8) is 0 Å². The molecule has 0 radical (unpaired) electrons. The van der Waals surface area contributed by atoms with Gasteiger partial charge < -0.3 is 10.2 Å². The molecule has 2 heterocycles. The summed E-state index contributed by atoms with van der Waals surface area (Å²) in [7, 11) is 0. The molecule has 0 aromatic heterocycles. The van der Waals surface area contributed by atoms with Crippen molar-refractivity contribution in [1.29, 1.82) is 0 Å². The zero-order valence-corrected chi connectivity index (χ0v) is 8.70. The number of rotatable bonds is 0. The molecule has 2 fully saturated rings. The number of halogens is 4. The summed E-state index contributed by atoms with van der Waals surface area (Å²) in [6.45, 7) is 0.379. The number of fused-ring (bicyclic) bond motifs is 2. The molecular formula is C8H12ClF3N2O. The van der Waals surface area contributed by atoms with Gasteiger partial charge >= 0.3 is 12.1 Å². The Hall–Kier alpha value is -0.490. The predicted molar refractivity (Wildman–Crippen MR) is 49.8 cm³/mol. The van der Waals surface area contributed by atoms with Crippen LogP contribution in [0.1, 0.15) is 12.8 Å². The molecule has 2 bridgehead atoms. The second-order valence-corrected chi connectivity index (χ2v) is 3.85. The van der Waals surface area contributed by atoms with E-state index in [9.17, 15) is 18.0 Å². The lowest BCUT2D eigenvalue weighted by Crippen LogP contribution is -2.55. The van der Waals surface area contributed by atoms with E-state index < -0.39 is 12.1 Å². The van der Waals surface area contributed by atoms with Gasteiger partial charge in [0.15, 0.2) is 0 Å². The molecule has 2 aliphatic rings. The van der Waals surface area contributed by atoms with Gasteiger partial charge in [-0.05, 0) is 12.8 Å². The van der Waals surface area contributed by atoms with Crippen molar-refractivity contribution in [2.24, 2.45) is 0 Å². The normalized spacial score (nSPS) is 29.9. The van der Waals surface area contributed by atoms with Gasteiger partial charge in [-0.3, -0.25) is 4.79 Å². The highest BCUT2D eigenvalue weighted by molar-refractivity contribution is 5.85. The van der Waals surface area contributed by atoms with E-state index in [4.69, 9.17) is 0 Å². The zero-order valence-electron chi connectivity index (χ0n) is 7.88. The third-order valence-corrected chi connectivity index (χ3v) is 2.75. The molecule has 2 atom stereocenters. The molecular weight excluding hydrogens is 233 g/mol. The molecule has 2 aliphatic heterocycles. The molecule has 2 unspecified atom stereocenters. The Morgan fingerprint density at radius 2 is 1.67 bits per heavy atom. The zero-order chi connectivity index (χ0) is 10.3. The van der Waals surface area contributed by atoms with E-state index in [1.54, 1.807) is 0 Å². The van der Waals surface area contributed by atoms with Crippen LogP contribution in [0, 0.1) is 0 Å². The average molecular weight is 245 g/mol. The van der Waals surface area contributed by atoms with Crippen molar-refractivity contribution in [3.8, 4) is 0 Å². The maximum absolute atomic E-state index is 12.1. The molecule has 2 rings (SSSR count). The Morgan fingerprint density at radius 3 is 2.07 bits per heavy atom. The maximum atomic E-state index is 12.1. The largest absolute Gasteiger partial charge is 0.471 e. The molecule has 1 N–H and O–H groups in total. The topological polar surface area (TPSA) is 32.3 Å². The van der Waals surface area contributed by atoms with Crippen LogP contribution >= 0.6 is 12.4 Å². The van der Waals surface area contributed by atoms with Crippen LogP contribution in [0.5, 0.6) is 0 Å². The molecule has 0 aliphatic carbocycles. The van der Waals surface area contributed by atoms with Gasteiger partial charge in [0.1, 0.15) is 0 Å².